The second kappa shape index (κ2) is 11.0. The fourth-order valence-corrected chi connectivity index (χ4v) is 4.77. The van der Waals surface area contributed by atoms with Crippen molar-refractivity contribution in [2.24, 2.45) is 0 Å². The van der Waals surface area contributed by atoms with Crippen LogP contribution in [0, 0.1) is 5.82 Å². The van der Waals surface area contributed by atoms with Crippen LogP contribution in [-0.4, -0.2) is 30.8 Å². The molecule has 0 bridgehead atoms. The quantitative estimate of drug-likeness (QED) is 0.332. The Balaban J connectivity index is 1.50. The number of hydrogen-bond acceptors (Lipinski definition) is 6. The van der Waals surface area contributed by atoms with E-state index in [2.05, 4.69) is 10.3 Å². The number of benzene rings is 3. The monoisotopic (exact) mass is 534 g/mol. The lowest BCUT2D eigenvalue weighted by atomic mass is 10.2. The summed E-state index contributed by atoms with van der Waals surface area (Å²) in [6.07, 6.45) is 0. The Labute approximate surface area is 219 Å². The molecule has 38 heavy (non-hydrogen) atoms. The molecule has 1 atom stereocenters. The van der Waals surface area contributed by atoms with E-state index in [1.165, 1.54) is 10.6 Å². The molecule has 1 aliphatic heterocycles. The predicted octanol–water partition coefficient (Wildman–Crippen LogP) is 3.62. The molecule has 11 heteroatoms. The number of fused-ring (bicyclic) bond motifs is 1. The molecule has 0 spiro atoms. The number of ether oxygens (including phenoxy) is 1. The SMILES string of the molecule is O=C(NCc1ccc(F)cc1S(=O)O)c1nc2n(c(=O)c1OCc1ccccc1)CCN2c1ccccc1. The molecule has 0 aliphatic carbocycles. The van der Waals surface area contributed by atoms with Crippen molar-refractivity contribution in [2.45, 2.75) is 24.6 Å². The second-order valence-corrected chi connectivity index (χ2v) is 9.43. The number of nitrogens with zero attached hydrogens (tertiary/aromatic N) is 3. The van der Waals surface area contributed by atoms with E-state index in [4.69, 9.17) is 4.74 Å². The minimum Gasteiger partial charge on any atom is -0.481 e. The lowest BCUT2D eigenvalue weighted by Gasteiger charge is -2.19. The Morgan fingerprint density at radius 2 is 1.76 bits per heavy atom. The van der Waals surface area contributed by atoms with E-state index in [-0.39, 0.29) is 35.1 Å². The summed E-state index contributed by atoms with van der Waals surface area (Å²) in [5.74, 6) is -1.29. The third-order valence-corrected chi connectivity index (χ3v) is 6.82. The van der Waals surface area contributed by atoms with E-state index in [9.17, 15) is 22.7 Å². The molecule has 1 aliphatic rings. The van der Waals surface area contributed by atoms with E-state index < -0.39 is 28.4 Å². The standard InChI is InChI=1S/C27H23FN4O5S/c28-20-12-11-19(22(15-20)38(35)36)16-29-25(33)23-24(37-17-18-7-3-1-4-8-18)26(34)32-14-13-31(27(32)30-23)21-9-5-2-6-10-21/h1-12,15H,13-14,16-17H2,(H,29,33)(H,35,36). The van der Waals surface area contributed by atoms with Crippen LogP contribution in [0.2, 0.25) is 0 Å². The zero-order valence-corrected chi connectivity index (χ0v) is 20.9. The minimum absolute atomic E-state index is 0.0470. The minimum atomic E-state index is -2.46. The van der Waals surface area contributed by atoms with Gasteiger partial charge < -0.3 is 19.5 Å². The van der Waals surface area contributed by atoms with Crippen LogP contribution in [0.15, 0.2) is 88.6 Å². The Morgan fingerprint density at radius 1 is 1.05 bits per heavy atom. The number of hydrogen-bond donors (Lipinski definition) is 2. The Hall–Kier alpha value is -4.35. The summed E-state index contributed by atoms with van der Waals surface area (Å²) in [6.45, 7) is 0.699. The first kappa shape index (κ1) is 25.3. The second-order valence-electron chi connectivity index (χ2n) is 8.49. The first-order valence-corrected chi connectivity index (χ1v) is 12.8. The number of nitrogens with one attached hydrogen (secondary N) is 1. The molecular formula is C27H23FN4O5S. The van der Waals surface area contributed by atoms with Crippen molar-refractivity contribution in [1.82, 2.24) is 14.9 Å². The van der Waals surface area contributed by atoms with Gasteiger partial charge in [-0.1, -0.05) is 54.6 Å². The van der Waals surface area contributed by atoms with Gasteiger partial charge in [0.1, 0.15) is 12.4 Å². The summed E-state index contributed by atoms with van der Waals surface area (Å²) in [5.41, 5.74) is 1.16. The maximum atomic E-state index is 13.6. The van der Waals surface area contributed by atoms with Gasteiger partial charge in [-0.2, -0.15) is 0 Å². The van der Waals surface area contributed by atoms with Gasteiger partial charge in [0, 0.05) is 25.3 Å². The van der Waals surface area contributed by atoms with Crippen LogP contribution in [0.25, 0.3) is 0 Å². The fourth-order valence-electron chi connectivity index (χ4n) is 4.20. The summed E-state index contributed by atoms with van der Waals surface area (Å²) in [5, 5.41) is 2.63. The molecule has 3 aromatic carbocycles. The van der Waals surface area contributed by atoms with Gasteiger partial charge in [0.05, 0.1) is 4.90 Å². The first-order valence-electron chi connectivity index (χ1n) is 11.7. The predicted molar refractivity (Wildman–Crippen MR) is 139 cm³/mol. The van der Waals surface area contributed by atoms with Crippen molar-refractivity contribution in [1.29, 1.82) is 0 Å². The van der Waals surface area contributed by atoms with Crippen molar-refractivity contribution in [2.75, 3.05) is 11.4 Å². The highest BCUT2D eigenvalue weighted by Gasteiger charge is 2.30. The summed E-state index contributed by atoms with van der Waals surface area (Å²) >= 11 is -2.46. The Bertz CT molecular complexity index is 1560. The van der Waals surface area contributed by atoms with Gasteiger partial charge in [-0.25, -0.2) is 13.6 Å². The van der Waals surface area contributed by atoms with Gasteiger partial charge in [0.25, 0.3) is 11.5 Å². The summed E-state index contributed by atoms with van der Waals surface area (Å²) in [6, 6.07) is 21.9. The Morgan fingerprint density at radius 3 is 2.47 bits per heavy atom. The van der Waals surface area contributed by atoms with Crippen LogP contribution in [0.5, 0.6) is 5.75 Å². The third kappa shape index (κ3) is 5.20. The number of carbonyl (C=O) groups is 1. The number of carbonyl (C=O) groups excluding carboxylic acids is 1. The van der Waals surface area contributed by atoms with Crippen LogP contribution in [0.4, 0.5) is 16.0 Å². The molecule has 2 N–H and O–H groups in total. The zero-order valence-electron chi connectivity index (χ0n) is 20.0. The van der Waals surface area contributed by atoms with Gasteiger partial charge in [0.2, 0.25) is 11.7 Å². The number of amides is 1. The topological polar surface area (TPSA) is 114 Å². The fraction of sp³-hybridized carbons (Fsp3) is 0.148. The van der Waals surface area contributed by atoms with E-state index in [1.54, 1.807) is 0 Å². The molecule has 0 saturated carbocycles. The molecule has 1 aromatic heterocycles. The van der Waals surface area contributed by atoms with E-state index in [0.29, 0.717) is 19.0 Å². The highest BCUT2D eigenvalue weighted by molar-refractivity contribution is 7.79. The van der Waals surface area contributed by atoms with Gasteiger partial charge >= 0.3 is 0 Å². The summed E-state index contributed by atoms with van der Waals surface area (Å²) in [7, 11) is 0. The number of anilines is 2. The van der Waals surface area contributed by atoms with Crippen LogP contribution in [0.1, 0.15) is 21.6 Å². The maximum absolute atomic E-state index is 13.6. The molecule has 0 saturated heterocycles. The number of aromatic nitrogens is 2. The van der Waals surface area contributed by atoms with Crippen LogP contribution in [-0.2, 0) is 30.8 Å². The zero-order chi connectivity index (χ0) is 26.6. The van der Waals surface area contributed by atoms with E-state index in [1.807, 2.05) is 65.6 Å². The molecule has 0 fully saturated rings. The lowest BCUT2D eigenvalue weighted by Crippen LogP contribution is -2.31. The van der Waals surface area contributed by atoms with Gasteiger partial charge in [-0.3, -0.25) is 14.2 Å². The highest BCUT2D eigenvalue weighted by Crippen LogP contribution is 2.29. The number of halogens is 1. The van der Waals surface area contributed by atoms with Crippen LogP contribution in [0.3, 0.4) is 0 Å². The van der Waals surface area contributed by atoms with Gasteiger partial charge in [-0.15, -0.1) is 0 Å². The van der Waals surface area contributed by atoms with Crippen LogP contribution >= 0.6 is 0 Å². The largest absolute Gasteiger partial charge is 0.481 e. The smallest absolute Gasteiger partial charge is 0.298 e. The molecule has 2 heterocycles. The Kier molecular flexibility index (Phi) is 7.29. The first-order chi connectivity index (χ1) is 18.4. The van der Waals surface area contributed by atoms with Gasteiger partial charge in [0.15, 0.2) is 16.8 Å². The van der Waals surface area contributed by atoms with Crippen LogP contribution < -0.4 is 20.5 Å². The van der Waals surface area contributed by atoms with Crippen molar-refractivity contribution in [3.05, 3.63) is 112 Å². The molecule has 1 amide bonds. The third-order valence-electron chi connectivity index (χ3n) is 6.06. The maximum Gasteiger partial charge on any atom is 0.298 e. The molecule has 9 nitrogen and oxygen atoms in total. The lowest BCUT2D eigenvalue weighted by molar-refractivity contribution is 0.0939. The average molecular weight is 535 g/mol. The van der Waals surface area contributed by atoms with Crippen molar-refractivity contribution < 1.29 is 22.7 Å². The summed E-state index contributed by atoms with van der Waals surface area (Å²) in [4.78, 5) is 33.1. The summed E-state index contributed by atoms with van der Waals surface area (Å²) < 4.78 is 42.1. The van der Waals surface area contributed by atoms with E-state index >= 15 is 0 Å². The normalized spacial score (nSPS) is 13.2. The average Bonchev–Trinajstić information content (AvgIpc) is 3.37. The highest BCUT2D eigenvalue weighted by atomic mass is 32.2. The molecule has 5 rings (SSSR count). The number of rotatable bonds is 8. The van der Waals surface area contributed by atoms with Crippen molar-refractivity contribution in [3.8, 4) is 5.75 Å². The molecular weight excluding hydrogens is 511 g/mol. The van der Waals surface area contributed by atoms with Gasteiger partial charge in [-0.05, 0) is 35.4 Å². The van der Waals surface area contributed by atoms with E-state index in [0.717, 1.165) is 23.4 Å². The van der Waals surface area contributed by atoms with Crippen molar-refractivity contribution >= 4 is 28.6 Å². The number of para-hydroxylation sites is 1. The molecule has 1 unspecified atom stereocenters. The molecule has 4 aromatic rings. The van der Waals surface area contributed by atoms with Crippen molar-refractivity contribution in [3.63, 3.8) is 0 Å². The molecule has 0 radical (unpaired) electrons. The molecule has 194 valence electrons.